The number of hydrogen-bond donors (Lipinski definition) is 1. The number of thiophene rings is 1. The van der Waals surface area contributed by atoms with E-state index in [1.54, 1.807) is 5.01 Å². The number of fused-ring (bicyclic) bond motifs is 6. The van der Waals surface area contributed by atoms with Gasteiger partial charge >= 0.3 is 0 Å². The first kappa shape index (κ1) is 21.4. The predicted octanol–water partition coefficient (Wildman–Crippen LogP) is 9.04. The Morgan fingerprint density at radius 1 is 0.583 bits per heavy atom. The fourth-order valence-electron chi connectivity index (χ4n) is 5.71. The summed E-state index contributed by atoms with van der Waals surface area (Å²) >= 11 is 1.85. The lowest BCUT2D eigenvalue weighted by Crippen LogP contribution is -2.25. The van der Waals surface area contributed by atoms with E-state index in [0.29, 0.717) is 0 Å². The molecule has 0 radical (unpaired) electrons. The molecule has 1 aliphatic carbocycles. The van der Waals surface area contributed by atoms with Crippen molar-refractivity contribution in [3.63, 3.8) is 0 Å². The molecule has 7 rings (SSSR count). The minimum Gasteiger partial charge on any atom is -0.280 e. The summed E-state index contributed by atoms with van der Waals surface area (Å²) in [6.45, 7) is 4.59. The van der Waals surface area contributed by atoms with E-state index in [-0.39, 0.29) is 5.41 Å². The van der Waals surface area contributed by atoms with Crippen LogP contribution in [0.25, 0.3) is 42.4 Å². The van der Waals surface area contributed by atoms with Crippen LogP contribution in [0.4, 0.5) is 11.4 Å². The van der Waals surface area contributed by atoms with Crippen molar-refractivity contribution in [1.29, 1.82) is 0 Å². The molecular formula is C33H26N2S. The van der Waals surface area contributed by atoms with E-state index in [2.05, 4.69) is 123 Å². The Bertz CT molecular complexity index is 1780. The van der Waals surface area contributed by atoms with Crippen molar-refractivity contribution in [3.05, 3.63) is 120 Å². The van der Waals surface area contributed by atoms with Gasteiger partial charge in [0.2, 0.25) is 0 Å². The number of anilines is 2. The van der Waals surface area contributed by atoms with Gasteiger partial charge in [-0.15, -0.1) is 11.3 Å². The maximum atomic E-state index is 6.65. The fourth-order valence-corrected chi connectivity index (χ4v) is 6.80. The van der Waals surface area contributed by atoms with Crippen molar-refractivity contribution in [2.45, 2.75) is 19.3 Å². The summed E-state index contributed by atoms with van der Waals surface area (Å²) in [6, 6.07) is 39.2. The third kappa shape index (κ3) is 3.13. The summed E-state index contributed by atoms with van der Waals surface area (Å²) in [5.74, 6) is 6.65. The standard InChI is InChI=1S/C33H26N2S/c1-33(2)29-9-5-3-7-25(29)26-17-16-24(20-30(26)33)35(34)23-14-11-21(12-15-23)22-13-18-32-28(19-22)27-8-4-6-10-31(27)36-32/h3-20H,34H2,1-2H3. The second-order valence-electron chi connectivity index (χ2n) is 10.1. The van der Waals surface area contributed by atoms with E-state index in [9.17, 15) is 0 Å². The van der Waals surface area contributed by atoms with Gasteiger partial charge in [0.1, 0.15) is 0 Å². The van der Waals surface area contributed by atoms with Crippen LogP contribution in [0.15, 0.2) is 109 Å². The first-order chi connectivity index (χ1) is 17.5. The zero-order valence-electron chi connectivity index (χ0n) is 20.3. The molecule has 1 aliphatic rings. The average Bonchev–Trinajstić information content (AvgIpc) is 3.40. The van der Waals surface area contributed by atoms with Crippen LogP contribution in [0.1, 0.15) is 25.0 Å². The minimum absolute atomic E-state index is 0.0445. The monoisotopic (exact) mass is 482 g/mol. The highest BCUT2D eigenvalue weighted by atomic mass is 32.1. The predicted molar refractivity (Wildman–Crippen MR) is 155 cm³/mol. The highest BCUT2D eigenvalue weighted by Crippen LogP contribution is 2.49. The highest BCUT2D eigenvalue weighted by molar-refractivity contribution is 7.25. The van der Waals surface area contributed by atoms with Gasteiger partial charge < -0.3 is 0 Å². The lowest BCUT2D eigenvalue weighted by Gasteiger charge is -2.24. The number of nitrogens with two attached hydrogens (primary N) is 1. The van der Waals surface area contributed by atoms with Crippen molar-refractivity contribution in [1.82, 2.24) is 0 Å². The number of rotatable bonds is 3. The zero-order chi connectivity index (χ0) is 24.4. The SMILES string of the molecule is CC1(C)c2ccccc2-c2ccc(N(N)c3ccc(-c4ccc5sc6ccccc6c5c4)cc3)cc21. The maximum absolute atomic E-state index is 6.65. The molecule has 3 heteroatoms. The number of benzene rings is 5. The van der Waals surface area contributed by atoms with Crippen LogP contribution in [-0.2, 0) is 5.41 Å². The van der Waals surface area contributed by atoms with Gasteiger partial charge in [-0.2, -0.15) is 0 Å². The van der Waals surface area contributed by atoms with E-state index < -0.39 is 0 Å². The Morgan fingerprint density at radius 2 is 1.25 bits per heavy atom. The van der Waals surface area contributed by atoms with Gasteiger partial charge in [-0.3, -0.25) is 5.01 Å². The first-order valence-electron chi connectivity index (χ1n) is 12.3. The van der Waals surface area contributed by atoms with Crippen LogP contribution in [0.3, 0.4) is 0 Å². The summed E-state index contributed by atoms with van der Waals surface area (Å²) in [5.41, 5.74) is 9.66. The molecule has 2 nitrogen and oxygen atoms in total. The summed E-state index contributed by atoms with van der Waals surface area (Å²) in [5, 5.41) is 4.43. The van der Waals surface area contributed by atoms with E-state index in [1.165, 1.54) is 53.6 Å². The summed E-state index contributed by atoms with van der Waals surface area (Å²) in [4.78, 5) is 0. The Labute approximate surface area is 215 Å². The van der Waals surface area contributed by atoms with Gasteiger partial charge in [0.15, 0.2) is 0 Å². The number of hydrazine groups is 1. The average molecular weight is 483 g/mol. The van der Waals surface area contributed by atoms with Crippen LogP contribution < -0.4 is 10.9 Å². The molecule has 0 saturated heterocycles. The van der Waals surface area contributed by atoms with Crippen molar-refractivity contribution in [2.75, 3.05) is 5.01 Å². The summed E-state index contributed by atoms with van der Waals surface area (Å²) < 4.78 is 2.66. The fraction of sp³-hybridized carbons (Fsp3) is 0.0909. The molecule has 5 aromatic carbocycles. The zero-order valence-corrected chi connectivity index (χ0v) is 21.1. The normalized spacial score (nSPS) is 13.6. The Morgan fingerprint density at radius 3 is 2.11 bits per heavy atom. The lowest BCUT2D eigenvalue weighted by atomic mass is 9.82. The van der Waals surface area contributed by atoms with Gasteiger partial charge in [0.25, 0.3) is 0 Å². The van der Waals surface area contributed by atoms with E-state index in [4.69, 9.17) is 5.84 Å². The number of hydrogen-bond acceptors (Lipinski definition) is 3. The molecule has 0 spiro atoms. The Balaban J connectivity index is 1.21. The maximum Gasteiger partial charge on any atom is 0.0578 e. The largest absolute Gasteiger partial charge is 0.280 e. The quantitative estimate of drug-likeness (QED) is 0.201. The van der Waals surface area contributed by atoms with Crippen LogP contribution in [0.2, 0.25) is 0 Å². The molecule has 0 aliphatic heterocycles. The van der Waals surface area contributed by atoms with E-state index >= 15 is 0 Å². The third-order valence-corrected chi connectivity index (χ3v) is 8.85. The van der Waals surface area contributed by atoms with Gasteiger partial charge in [-0.05, 0) is 75.8 Å². The molecule has 174 valence electrons. The van der Waals surface area contributed by atoms with Crippen LogP contribution >= 0.6 is 11.3 Å². The number of nitrogens with zero attached hydrogens (tertiary/aromatic N) is 1. The molecule has 6 aromatic rings. The van der Waals surface area contributed by atoms with Crippen molar-refractivity contribution in [2.24, 2.45) is 5.84 Å². The van der Waals surface area contributed by atoms with Crippen molar-refractivity contribution in [3.8, 4) is 22.3 Å². The molecular weight excluding hydrogens is 456 g/mol. The Kier molecular flexibility index (Phi) is 4.62. The second kappa shape index (κ2) is 7.79. The molecule has 1 heterocycles. The molecule has 0 bridgehead atoms. The third-order valence-electron chi connectivity index (χ3n) is 7.70. The smallest absolute Gasteiger partial charge is 0.0578 e. The van der Waals surface area contributed by atoms with Gasteiger partial charge in [0.05, 0.1) is 11.4 Å². The van der Waals surface area contributed by atoms with Gasteiger partial charge in [0, 0.05) is 25.6 Å². The lowest BCUT2D eigenvalue weighted by molar-refractivity contribution is 0.660. The molecule has 2 N–H and O–H groups in total. The molecule has 0 fully saturated rings. The van der Waals surface area contributed by atoms with Gasteiger partial charge in [-0.25, -0.2) is 5.84 Å². The second-order valence-corrected chi connectivity index (χ2v) is 11.2. The van der Waals surface area contributed by atoms with Crippen molar-refractivity contribution >= 4 is 42.9 Å². The van der Waals surface area contributed by atoms with Crippen LogP contribution in [0, 0.1) is 0 Å². The topological polar surface area (TPSA) is 29.3 Å². The summed E-state index contributed by atoms with van der Waals surface area (Å²) in [7, 11) is 0. The molecule has 36 heavy (non-hydrogen) atoms. The molecule has 0 atom stereocenters. The molecule has 0 saturated carbocycles. The van der Waals surface area contributed by atoms with E-state index in [0.717, 1.165) is 11.4 Å². The van der Waals surface area contributed by atoms with Crippen LogP contribution in [-0.4, -0.2) is 0 Å². The Hall–Kier alpha value is -3.92. The van der Waals surface area contributed by atoms with Crippen molar-refractivity contribution < 1.29 is 0 Å². The molecule has 0 unspecified atom stereocenters. The molecule has 1 aromatic heterocycles. The first-order valence-corrected chi connectivity index (χ1v) is 13.1. The highest BCUT2D eigenvalue weighted by Gasteiger charge is 2.35. The van der Waals surface area contributed by atoms with E-state index in [1.807, 2.05) is 11.3 Å². The summed E-state index contributed by atoms with van der Waals surface area (Å²) in [6.07, 6.45) is 0. The van der Waals surface area contributed by atoms with Gasteiger partial charge in [-0.1, -0.05) is 80.6 Å². The minimum atomic E-state index is -0.0445. The molecule has 0 amide bonds. The van der Waals surface area contributed by atoms with Crippen LogP contribution in [0.5, 0.6) is 0 Å².